The van der Waals surface area contributed by atoms with Gasteiger partial charge in [0.05, 0.1) is 37.3 Å². The second-order valence-corrected chi connectivity index (χ2v) is 4.64. The second-order valence-electron chi connectivity index (χ2n) is 4.64. The molecule has 110 valence electrons. The number of aromatic nitrogens is 5. The summed E-state index contributed by atoms with van der Waals surface area (Å²) in [7, 11) is 3.57. The van der Waals surface area contributed by atoms with Gasteiger partial charge in [0.1, 0.15) is 5.69 Å². The zero-order chi connectivity index (χ0) is 14.8. The summed E-state index contributed by atoms with van der Waals surface area (Å²) < 4.78 is 9.20. The molecule has 0 saturated heterocycles. The normalized spacial score (nSPS) is 12.7. The Labute approximate surface area is 122 Å². The number of hydrogen-bond donors (Lipinski definition) is 1. The molecule has 3 rings (SSSR count). The van der Waals surface area contributed by atoms with Gasteiger partial charge in [-0.1, -0.05) is 0 Å². The van der Waals surface area contributed by atoms with Crippen molar-refractivity contribution in [2.45, 2.75) is 19.5 Å². The highest BCUT2D eigenvalue weighted by molar-refractivity contribution is 5.56. The fourth-order valence-corrected chi connectivity index (χ4v) is 2.59. The average Bonchev–Trinajstić information content (AvgIpc) is 3.13. The molecule has 0 aliphatic carbocycles. The van der Waals surface area contributed by atoms with E-state index in [1.807, 2.05) is 34.8 Å². The maximum Gasteiger partial charge on any atom is 0.161 e. The zero-order valence-electron chi connectivity index (χ0n) is 12.3. The Morgan fingerprint density at radius 1 is 1.29 bits per heavy atom. The molecule has 0 aromatic carbocycles. The molecular formula is C14H18N6O. The summed E-state index contributed by atoms with van der Waals surface area (Å²) in [5.41, 5.74) is 2.99. The van der Waals surface area contributed by atoms with E-state index in [4.69, 9.17) is 4.74 Å². The van der Waals surface area contributed by atoms with Crippen LogP contribution in [0.3, 0.4) is 0 Å². The van der Waals surface area contributed by atoms with Crippen LogP contribution in [0.1, 0.15) is 24.2 Å². The van der Waals surface area contributed by atoms with E-state index in [1.165, 1.54) is 0 Å². The van der Waals surface area contributed by atoms with Gasteiger partial charge in [-0.3, -0.25) is 9.67 Å². The second kappa shape index (κ2) is 5.53. The molecule has 0 amide bonds. The monoisotopic (exact) mass is 286 g/mol. The van der Waals surface area contributed by atoms with Crippen molar-refractivity contribution in [2.24, 2.45) is 0 Å². The van der Waals surface area contributed by atoms with E-state index < -0.39 is 0 Å². The highest BCUT2D eigenvalue weighted by Crippen LogP contribution is 2.31. The number of ether oxygens (including phenoxy) is 1. The minimum atomic E-state index is -0.0656. The molecule has 1 N–H and O–H groups in total. The Kier molecular flexibility index (Phi) is 3.57. The molecule has 0 bridgehead atoms. The quantitative estimate of drug-likeness (QED) is 0.765. The standard InChI is InChI=1S/C14H18N6O/c1-4-19-14(12(21-3)9-18-19)13(15-2)10-7-17-20-6-5-16-8-11(10)20/h5-9,13,15H,4H2,1-3H3. The van der Waals surface area contributed by atoms with Gasteiger partial charge in [0.25, 0.3) is 0 Å². The van der Waals surface area contributed by atoms with Crippen molar-refractivity contribution < 1.29 is 4.74 Å². The Hall–Kier alpha value is -2.41. The number of nitrogens with one attached hydrogen (secondary N) is 1. The summed E-state index contributed by atoms with van der Waals surface area (Å²) in [6.07, 6.45) is 8.96. The molecule has 0 aliphatic rings. The molecule has 3 aromatic heterocycles. The first-order valence-electron chi connectivity index (χ1n) is 6.84. The molecule has 0 saturated carbocycles. The van der Waals surface area contributed by atoms with Gasteiger partial charge < -0.3 is 10.1 Å². The van der Waals surface area contributed by atoms with Gasteiger partial charge in [0.2, 0.25) is 0 Å². The van der Waals surface area contributed by atoms with Gasteiger partial charge in [0.15, 0.2) is 5.75 Å². The molecule has 0 spiro atoms. The lowest BCUT2D eigenvalue weighted by Gasteiger charge is -2.18. The molecule has 0 fully saturated rings. The first-order valence-corrected chi connectivity index (χ1v) is 6.84. The van der Waals surface area contributed by atoms with Crippen molar-refractivity contribution in [1.82, 2.24) is 29.7 Å². The van der Waals surface area contributed by atoms with Gasteiger partial charge in [-0.2, -0.15) is 10.2 Å². The summed E-state index contributed by atoms with van der Waals surface area (Å²) in [5.74, 6) is 0.763. The molecule has 1 unspecified atom stereocenters. The minimum Gasteiger partial charge on any atom is -0.493 e. The number of methoxy groups -OCH3 is 1. The zero-order valence-corrected chi connectivity index (χ0v) is 12.3. The third kappa shape index (κ3) is 2.15. The number of hydrogen-bond acceptors (Lipinski definition) is 5. The third-order valence-electron chi connectivity index (χ3n) is 3.59. The number of rotatable bonds is 5. The van der Waals surface area contributed by atoms with Crippen LogP contribution >= 0.6 is 0 Å². The summed E-state index contributed by atoms with van der Waals surface area (Å²) in [5, 5.41) is 12.1. The van der Waals surface area contributed by atoms with Gasteiger partial charge in [-0.15, -0.1) is 0 Å². The SMILES string of the molecule is CCn1ncc(OC)c1C(NC)c1cnn2ccncc12. The molecule has 7 nitrogen and oxygen atoms in total. The maximum absolute atomic E-state index is 5.45. The fraction of sp³-hybridized carbons (Fsp3) is 0.357. The van der Waals surface area contributed by atoms with Crippen molar-refractivity contribution in [3.05, 3.63) is 42.2 Å². The van der Waals surface area contributed by atoms with Crippen LogP contribution in [0.2, 0.25) is 0 Å². The van der Waals surface area contributed by atoms with Crippen molar-refractivity contribution in [1.29, 1.82) is 0 Å². The van der Waals surface area contributed by atoms with Crippen LogP contribution in [0.25, 0.3) is 5.52 Å². The van der Waals surface area contributed by atoms with Crippen LogP contribution in [-0.2, 0) is 6.54 Å². The molecule has 21 heavy (non-hydrogen) atoms. The van der Waals surface area contributed by atoms with E-state index in [0.717, 1.165) is 29.1 Å². The van der Waals surface area contributed by atoms with Crippen molar-refractivity contribution >= 4 is 5.52 Å². The predicted octanol–water partition coefficient (Wildman–Crippen LogP) is 1.26. The van der Waals surface area contributed by atoms with Crippen LogP contribution in [-0.4, -0.2) is 38.5 Å². The topological polar surface area (TPSA) is 69.3 Å². The Balaban J connectivity index is 2.16. The first kappa shape index (κ1) is 13.6. The molecule has 7 heteroatoms. The number of aryl methyl sites for hydroxylation is 1. The number of fused-ring (bicyclic) bond motifs is 1. The molecule has 3 heterocycles. The summed E-state index contributed by atoms with van der Waals surface area (Å²) in [4.78, 5) is 4.19. The van der Waals surface area contributed by atoms with Crippen LogP contribution < -0.4 is 10.1 Å². The molecule has 0 radical (unpaired) electrons. The van der Waals surface area contributed by atoms with Gasteiger partial charge in [0, 0.05) is 24.5 Å². The highest BCUT2D eigenvalue weighted by Gasteiger charge is 2.24. The number of nitrogens with zero attached hydrogens (tertiary/aromatic N) is 5. The van der Waals surface area contributed by atoms with Crippen molar-refractivity contribution in [3.8, 4) is 5.75 Å². The lowest BCUT2D eigenvalue weighted by molar-refractivity contribution is 0.401. The molecule has 1 atom stereocenters. The maximum atomic E-state index is 5.45. The Morgan fingerprint density at radius 3 is 2.86 bits per heavy atom. The van der Waals surface area contributed by atoms with E-state index >= 15 is 0 Å². The van der Waals surface area contributed by atoms with Crippen molar-refractivity contribution in [3.63, 3.8) is 0 Å². The third-order valence-corrected chi connectivity index (χ3v) is 3.59. The average molecular weight is 286 g/mol. The van der Waals surface area contributed by atoms with Crippen LogP contribution in [0.4, 0.5) is 0 Å². The van der Waals surface area contributed by atoms with E-state index in [1.54, 1.807) is 19.5 Å². The first-order chi connectivity index (χ1) is 10.3. The summed E-state index contributed by atoms with van der Waals surface area (Å²) in [6, 6.07) is -0.0656. The van der Waals surface area contributed by atoms with E-state index in [-0.39, 0.29) is 6.04 Å². The van der Waals surface area contributed by atoms with E-state index in [0.29, 0.717) is 0 Å². The van der Waals surface area contributed by atoms with Gasteiger partial charge >= 0.3 is 0 Å². The molecule has 3 aromatic rings. The lowest BCUT2D eigenvalue weighted by Crippen LogP contribution is -2.22. The minimum absolute atomic E-state index is 0.0656. The van der Waals surface area contributed by atoms with Crippen LogP contribution in [0.5, 0.6) is 5.75 Å². The van der Waals surface area contributed by atoms with Gasteiger partial charge in [-0.05, 0) is 14.0 Å². The fourth-order valence-electron chi connectivity index (χ4n) is 2.59. The summed E-state index contributed by atoms with van der Waals surface area (Å²) >= 11 is 0. The molecule has 0 aliphatic heterocycles. The largest absolute Gasteiger partial charge is 0.493 e. The highest BCUT2D eigenvalue weighted by atomic mass is 16.5. The summed E-state index contributed by atoms with van der Waals surface area (Å²) in [6.45, 7) is 2.83. The lowest BCUT2D eigenvalue weighted by atomic mass is 10.1. The van der Waals surface area contributed by atoms with Crippen molar-refractivity contribution in [2.75, 3.05) is 14.2 Å². The Morgan fingerprint density at radius 2 is 2.14 bits per heavy atom. The van der Waals surface area contributed by atoms with Crippen LogP contribution in [0, 0.1) is 0 Å². The Bertz CT molecular complexity index is 725. The van der Waals surface area contributed by atoms with E-state index in [9.17, 15) is 0 Å². The molecular weight excluding hydrogens is 268 g/mol. The van der Waals surface area contributed by atoms with Crippen LogP contribution in [0.15, 0.2) is 31.0 Å². The smallest absolute Gasteiger partial charge is 0.161 e. The van der Waals surface area contributed by atoms with E-state index in [2.05, 4.69) is 27.4 Å². The van der Waals surface area contributed by atoms with Gasteiger partial charge in [-0.25, -0.2) is 4.52 Å². The predicted molar refractivity (Wildman–Crippen MR) is 78.3 cm³/mol.